The smallest absolute Gasteiger partial charge is 0.0781 e. The minimum absolute atomic E-state index is 0.00362. The first-order valence-electron chi connectivity index (χ1n) is 4.96. The van der Waals surface area contributed by atoms with Crippen molar-refractivity contribution in [3.05, 3.63) is 0 Å². The average molecular weight is 206 g/mol. The fraction of sp³-hybridized carbons (Fsp3) is 1.00. The van der Waals surface area contributed by atoms with Crippen LogP contribution in [0.25, 0.3) is 0 Å². The molecule has 4 nitrogen and oxygen atoms in total. The SMILES string of the molecule is COC[C@H](C)OC[C@H](C)OC[C@H](C)O. The molecule has 0 saturated carbocycles. The number of aliphatic hydroxyl groups is 1. The van der Waals surface area contributed by atoms with Crippen LogP contribution in [0, 0.1) is 0 Å². The number of aliphatic hydroxyl groups excluding tert-OH is 1. The van der Waals surface area contributed by atoms with Crippen LogP contribution in [0.5, 0.6) is 0 Å². The monoisotopic (exact) mass is 206 g/mol. The van der Waals surface area contributed by atoms with Gasteiger partial charge in [-0.25, -0.2) is 0 Å². The van der Waals surface area contributed by atoms with Crippen molar-refractivity contribution in [1.29, 1.82) is 0 Å². The lowest BCUT2D eigenvalue weighted by atomic mass is 10.4. The zero-order valence-corrected chi connectivity index (χ0v) is 9.53. The van der Waals surface area contributed by atoms with Crippen LogP contribution in [-0.4, -0.2) is 50.3 Å². The average Bonchev–Trinajstić information content (AvgIpc) is 2.12. The van der Waals surface area contributed by atoms with E-state index in [2.05, 4.69) is 0 Å². The molecule has 0 saturated heterocycles. The zero-order chi connectivity index (χ0) is 11.0. The number of rotatable bonds is 8. The van der Waals surface area contributed by atoms with Crippen molar-refractivity contribution >= 4 is 0 Å². The number of ether oxygens (including phenoxy) is 3. The first-order chi connectivity index (χ1) is 6.56. The van der Waals surface area contributed by atoms with Gasteiger partial charge in [0.15, 0.2) is 0 Å². The Hall–Kier alpha value is -0.160. The summed E-state index contributed by atoms with van der Waals surface area (Å²) < 4.78 is 15.7. The molecule has 0 unspecified atom stereocenters. The molecule has 0 amide bonds. The molecule has 0 aromatic carbocycles. The van der Waals surface area contributed by atoms with Gasteiger partial charge in [-0.2, -0.15) is 0 Å². The highest BCUT2D eigenvalue weighted by atomic mass is 16.6. The molecular weight excluding hydrogens is 184 g/mol. The summed E-state index contributed by atoms with van der Waals surface area (Å²) >= 11 is 0. The highest BCUT2D eigenvalue weighted by Gasteiger charge is 2.07. The molecule has 0 spiro atoms. The van der Waals surface area contributed by atoms with Crippen LogP contribution in [-0.2, 0) is 14.2 Å². The van der Waals surface area contributed by atoms with Gasteiger partial charge in [-0.05, 0) is 20.8 Å². The van der Waals surface area contributed by atoms with Crippen LogP contribution in [0.3, 0.4) is 0 Å². The molecule has 0 aromatic rings. The van der Waals surface area contributed by atoms with Crippen molar-refractivity contribution in [2.75, 3.05) is 26.9 Å². The first kappa shape index (κ1) is 13.8. The van der Waals surface area contributed by atoms with Crippen molar-refractivity contribution < 1.29 is 19.3 Å². The maximum absolute atomic E-state index is 8.98. The van der Waals surface area contributed by atoms with Gasteiger partial charge < -0.3 is 19.3 Å². The van der Waals surface area contributed by atoms with Gasteiger partial charge in [-0.1, -0.05) is 0 Å². The van der Waals surface area contributed by atoms with Crippen molar-refractivity contribution in [3.63, 3.8) is 0 Å². The Morgan fingerprint density at radius 1 is 0.929 bits per heavy atom. The third kappa shape index (κ3) is 8.44. The Bertz CT molecular complexity index is 127. The van der Waals surface area contributed by atoms with Crippen LogP contribution < -0.4 is 0 Å². The molecule has 4 heteroatoms. The van der Waals surface area contributed by atoms with Crippen molar-refractivity contribution in [1.82, 2.24) is 0 Å². The lowest BCUT2D eigenvalue weighted by Crippen LogP contribution is -2.25. The van der Waals surface area contributed by atoms with Gasteiger partial charge in [0.05, 0.1) is 38.1 Å². The van der Waals surface area contributed by atoms with Gasteiger partial charge in [-0.3, -0.25) is 0 Å². The Balaban J connectivity index is 3.38. The molecule has 0 aliphatic carbocycles. The molecule has 86 valence electrons. The van der Waals surface area contributed by atoms with Gasteiger partial charge in [0.2, 0.25) is 0 Å². The van der Waals surface area contributed by atoms with Crippen LogP contribution in [0.15, 0.2) is 0 Å². The summed E-state index contributed by atoms with van der Waals surface area (Å²) in [5.41, 5.74) is 0. The summed E-state index contributed by atoms with van der Waals surface area (Å²) in [7, 11) is 1.65. The van der Waals surface area contributed by atoms with Gasteiger partial charge >= 0.3 is 0 Å². The van der Waals surface area contributed by atoms with E-state index in [1.54, 1.807) is 14.0 Å². The first-order valence-corrected chi connectivity index (χ1v) is 4.96. The normalized spacial score (nSPS) is 17.8. The summed E-state index contributed by atoms with van der Waals surface area (Å²) in [5, 5.41) is 8.98. The number of hydrogen-bond donors (Lipinski definition) is 1. The fourth-order valence-electron chi connectivity index (χ4n) is 0.934. The largest absolute Gasteiger partial charge is 0.391 e. The summed E-state index contributed by atoms with van der Waals surface area (Å²) in [6, 6.07) is 0. The minimum Gasteiger partial charge on any atom is -0.391 e. The highest BCUT2D eigenvalue weighted by molar-refractivity contribution is 4.53. The summed E-state index contributed by atoms with van der Waals surface area (Å²) in [5.74, 6) is 0. The lowest BCUT2D eigenvalue weighted by Gasteiger charge is -2.17. The third-order valence-corrected chi connectivity index (χ3v) is 1.64. The van der Waals surface area contributed by atoms with Crippen LogP contribution >= 0.6 is 0 Å². The van der Waals surface area contributed by atoms with Gasteiger partial charge in [-0.15, -0.1) is 0 Å². The quantitative estimate of drug-likeness (QED) is 0.639. The Morgan fingerprint density at radius 3 is 1.93 bits per heavy atom. The molecule has 14 heavy (non-hydrogen) atoms. The third-order valence-electron chi connectivity index (χ3n) is 1.64. The zero-order valence-electron chi connectivity index (χ0n) is 9.53. The Labute approximate surface area is 86.2 Å². The maximum Gasteiger partial charge on any atom is 0.0781 e. The molecule has 0 heterocycles. The van der Waals surface area contributed by atoms with Crippen molar-refractivity contribution in [2.24, 2.45) is 0 Å². The molecule has 0 aliphatic rings. The summed E-state index contributed by atoms with van der Waals surface area (Å²) in [6.45, 7) is 7.03. The molecule has 1 N–H and O–H groups in total. The molecular formula is C10H22O4. The van der Waals surface area contributed by atoms with E-state index in [0.717, 1.165) is 0 Å². The van der Waals surface area contributed by atoms with E-state index in [0.29, 0.717) is 19.8 Å². The molecule has 3 atom stereocenters. The molecule has 0 aliphatic heterocycles. The van der Waals surface area contributed by atoms with Crippen LogP contribution in [0.4, 0.5) is 0 Å². The predicted octanol–water partition coefficient (Wildman–Crippen LogP) is 0.824. The van der Waals surface area contributed by atoms with Gasteiger partial charge in [0, 0.05) is 7.11 Å². The summed E-state index contributed by atoms with van der Waals surface area (Å²) in [6.07, 6.45) is -0.338. The van der Waals surface area contributed by atoms with E-state index in [1.807, 2.05) is 13.8 Å². The second kappa shape index (κ2) is 8.17. The van der Waals surface area contributed by atoms with Crippen LogP contribution in [0.2, 0.25) is 0 Å². The number of methoxy groups -OCH3 is 1. The topological polar surface area (TPSA) is 47.9 Å². The van der Waals surface area contributed by atoms with E-state index in [-0.39, 0.29) is 12.2 Å². The van der Waals surface area contributed by atoms with E-state index in [4.69, 9.17) is 19.3 Å². The van der Waals surface area contributed by atoms with Gasteiger partial charge in [0.1, 0.15) is 0 Å². The van der Waals surface area contributed by atoms with E-state index in [9.17, 15) is 0 Å². The summed E-state index contributed by atoms with van der Waals surface area (Å²) in [4.78, 5) is 0. The van der Waals surface area contributed by atoms with E-state index >= 15 is 0 Å². The molecule has 0 bridgehead atoms. The molecule has 0 fully saturated rings. The second-order valence-corrected chi connectivity index (χ2v) is 3.59. The predicted molar refractivity (Wildman–Crippen MR) is 54.4 cm³/mol. The molecule has 0 radical (unpaired) electrons. The van der Waals surface area contributed by atoms with Crippen molar-refractivity contribution in [2.45, 2.75) is 39.1 Å². The van der Waals surface area contributed by atoms with E-state index in [1.165, 1.54) is 0 Å². The highest BCUT2D eigenvalue weighted by Crippen LogP contribution is 1.98. The maximum atomic E-state index is 8.98. The second-order valence-electron chi connectivity index (χ2n) is 3.59. The van der Waals surface area contributed by atoms with Crippen molar-refractivity contribution in [3.8, 4) is 0 Å². The minimum atomic E-state index is -0.422. The lowest BCUT2D eigenvalue weighted by molar-refractivity contribution is -0.0657. The van der Waals surface area contributed by atoms with Crippen LogP contribution in [0.1, 0.15) is 20.8 Å². The van der Waals surface area contributed by atoms with E-state index < -0.39 is 6.10 Å². The standard InChI is InChI=1S/C10H22O4/c1-8(11)5-13-10(3)7-14-9(2)6-12-4/h8-11H,5-7H2,1-4H3/t8-,9-,10-/m0/s1. The van der Waals surface area contributed by atoms with Gasteiger partial charge in [0.25, 0.3) is 0 Å². The molecule has 0 rings (SSSR count). The fourth-order valence-corrected chi connectivity index (χ4v) is 0.934. The Morgan fingerprint density at radius 2 is 1.43 bits per heavy atom. The molecule has 0 aromatic heterocycles. The Kier molecular flexibility index (Phi) is 8.08. The number of hydrogen-bond acceptors (Lipinski definition) is 4.